The second kappa shape index (κ2) is 7.41. The molecule has 13 heavy (non-hydrogen) atoms. The van der Waals surface area contributed by atoms with Crippen LogP contribution < -0.4 is 0 Å². The fourth-order valence-electron chi connectivity index (χ4n) is 1.01. The molecule has 0 nitrogen and oxygen atoms in total. The number of hydrogen-bond donors (Lipinski definition) is 0. The predicted octanol–water partition coefficient (Wildman–Crippen LogP) is 3.79. The molecule has 1 unspecified atom stereocenters. The molecule has 0 amide bonds. The van der Waals surface area contributed by atoms with Gasteiger partial charge in [-0.1, -0.05) is 19.1 Å². The summed E-state index contributed by atoms with van der Waals surface area (Å²) in [7, 11) is 0. The van der Waals surface area contributed by atoms with Gasteiger partial charge >= 0.3 is 0 Å². The first-order valence-electron chi connectivity index (χ1n) is 4.48. The van der Waals surface area contributed by atoms with Crippen molar-refractivity contribution in [2.24, 2.45) is 0 Å². The van der Waals surface area contributed by atoms with E-state index in [0.29, 0.717) is 0 Å². The van der Waals surface area contributed by atoms with E-state index in [-0.39, 0.29) is 4.08 Å². The van der Waals surface area contributed by atoms with Crippen LogP contribution in [0.1, 0.15) is 26.7 Å². The first kappa shape index (κ1) is 13.0. The van der Waals surface area contributed by atoms with Crippen molar-refractivity contribution in [2.75, 3.05) is 12.0 Å². The minimum absolute atomic E-state index is 0.230. The Labute approximate surface area is 90.9 Å². The maximum absolute atomic E-state index is 5.38. The van der Waals surface area contributed by atoms with E-state index in [2.05, 4.69) is 38.2 Å². The van der Waals surface area contributed by atoms with Crippen molar-refractivity contribution in [3.63, 3.8) is 0 Å². The summed E-state index contributed by atoms with van der Waals surface area (Å²) in [6.45, 7) is 4.25. The highest BCUT2D eigenvalue weighted by Crippen LogP contribution is 2.41. The Morgan fingerprint density at radius 3 is 2.62 bits per heavy atom. The average Bonchev–Trinajstić information content (AvgIpc) is 2.17. The zero-order chi connectivity index (χ0) is 10.2. The molecular formula is C11H18S2. The number of terminal acetylenes is 1. The molecule has 0 saturated carbocycles. The van der Waals surface area contributed by atoms with E-state index in [0.717, 1.165) is 18.6 Å². The molecule has 0 aromatic heterocycles. The quantitative estimate of drug-likeness (QED) is 0.375. The molecule has 2 heteroatoms. The molecule has 0 aliphatic heterocycles. The van der Waals surface area contributed by atoms with Gasteiger partial charge in [-0.2, -0.15) is 0 Å². The van der Waals surface area contributed by atoms with Gasteiger partial charge in [0.05, 0.1) is 4.08 Å². The van der Waals surface area contributed by atoms with Crippen LogP contribution in [0.25, 0.3) is 0 Å². The SMILES string of the molecule is C#CCC(CC)(SC)SCC=CC. The minimum Gasteiger partial charge on any atom is -0.147 e. The topological polar surface area (TPSA) is 0 Å². The lowest BCUT2D eigenvalue weighted by atomic mass is 10.2. The molecule has 0 N–H and O–H groups in total. The molecule has 0 heterocycles. The summed E-state index contributed by atoms with van der Waals surface area (Å²) >= 11 is 3.83. The minimum atomic E-state index is 0.230. The third-order valence-electron chi connectivity index (χ3n) is 1.96. The summed E-state index contributed by atoms with van der Waals surface area (Å²) < 4.78 is 0.230. The maximum atomic E-state index is 5.38. The van der Waals surface area contributed by atoms with E-state index in [1.165, 1.54) is 0 Å². The zero-order valence-electron chi connectivity index (χ0n) is 8.67. The molecule has 0 fully saturated rings. The van der Waals surface area contributed by atoms with Gasteiger partial charge in [-0.15, -0.1) is 35.9 Å². The Bertz CT molecular complexity index is 185. The van der Waals surface area contributed by atoms with Gasteiger partial charge in [0.15, 0.2) is 0 Å². The molecule has 0 rings (SSSR count). The predicted molar refractivity (Wildman–Crippen MR) is 67.3 cm³/mol. The zero-order valence-corrected chi connectivity index (χ0v) is 10.3. The fraction of sp³-hybridized carbons (Fsp3) is 0.636. The summed E-state index contributed by atoms with van der Waals surface area (Å²) in [5.41, 5.74) is 0. The molecule has 0 saturated heterocycles. The van der Waals surface area contributed by atoms with E-state index in [1.54, 1.807) is 0 Å². The van der Waals surface area contributed by atoms with Crippen LogP contribution in [-0.2, 0) is 0 Å². The third-order valence-corrected chi connectivity index (χ3v) is 5.31. The monoisotopic (exact) mass is 214 g/mol. The fourth-order valence-corrected chi connectivity index (χ4v) is 3.18. The van der Waals surface area contributed by atoms with E-state index >= 15 is 0 Å². The maximum Gasteiger partial charge on any atom is 0.0717 e. The second-order valence-corrected chi connectivity index (χ2v) is 5.58. The standard InChI is InChI=1S/C11H18S2/c1-5-8-10-13-11(7-3,12-4)9-6-2/h2,5,8H,7,9-10H2,1,3-4H3. The van der Waals surface area contributed by atoms with Crippen molar-refractivity contribution in [3.05, 3.63) is 12.2 Å². The number of allylic oxidation sites excluding steroid dienone is 1. The van der Waals surface area contributed by atoms with Crippen LogP contribution in [0.15, 0.2) is 12.2 Å². The van der Waals surface area contributed by atoms with Gasteiger partial charge in [0.1, 0.15) is 0 Å². The highest BCUT2D eigenvalue weighted by Gasteiger charge is 2.25. The summed E-state index contributed by atoms with van der Waals surface area (Å²) in [6.07, 6.45) is 13.8. The highest BCUT2D eigenvalue weighted by atomic mass is 32.2. The summed E-state index contributed by atoms with van der Waals surface area (Å²) in [5, 5.41) is 0. The molecule has 0 bridgehead atoms. The molecular weight excluding hydrogens is 196 g/mol. The number of thioether (sulfide) groups is 2. The van der Waals surface area contributed by atoms with E-state index in [9.17, 15) is 0 Å². The van der Waals surface area contributed by atoms with Crippen LogP contribution in [0.4, 0.5) is 0 Å². The lowest BCUT2D eigenvalue weighted by molar-refractivity contribution is 0.794. The van der Waals surface area contributed by atoms with E-state index in [1.807, 2.05) is 23.5 Å². The van der Waals surface area contributed by atoms with E-state index in [4.69, 9.17) is 6.42 Å². The molecule has 1 atom stereocenters. The van der Waals surface area contributed by atoms with Gasteiger partial charge in [0.25, 0.3) is 0 Å². The van der Waals surface area contributed by atoms with Crippen molar-refractivity contribution in [1.82, 2.24) is 0 Å². The Balaban J connectivity index is 4.14. The van der Waals surface area contributed by atoms with Crippen molar-refractivity contribution in [2.45, 2.75) is 30.8 Å². The molecule has 0 aromatic rings. The van der Waals surface area contributed by atoms with Gasteiger partial charge in [-0.05, 0) is 19.6 Å². The first-order chi connectivity index (χ1) is 6.24. The molecule has 0 aliphatic rings. The smallest absolute Gasteiger partial charge is 0.0717 e. The summed E-state index contributed by atoms with van der Waals surface area (Å²) in [6, 6.07) is 0. The van der Waals surface area contributed by atoms with Crippen LogP contribution in [0, 0.1) is 12.3 Å². The number of rotatable bonds is 6. The lowest BCUT2D eigenvalue weighted by Gasteiger charge is -2.27. The van der Waals surface area contributed by atoms with Crippen LogP contribution in [0.5, 0.6) is 0 Å². The van der Waals surface area contributed by atoms with Crippen LogP contribution in [-0.4, -0.2) is 16.1 Å². The van der Waals surface area contributed by atoms with Gasteiger partial charge < -0.3 is 0 Å². The molecule has 0 aliphatic carbocycles. The molecule has 0 aromatic carbocycles. The third kappa shape index (κ3) is 4.69. The Hall–Kier alpha value is -0.0000000000000000555. The number of hydrogen-bond acceptors (Lipinski definition) is 2. The van der Waals surface area contributed by atoms with Crippen LogP contribution in [0.3, 0.4) is 0 Å². The van der Waals surface area contributed by atoms with Gasteiger partial charge in [-0.3, -0.25) is 0 Å². The molecule has 0 radical (unpaired) electrons. The normalized spacial score (nSPS) is 15.5. The Kier molecular flexibility index (Phi) is 7.41. The van der Waals surface area contributed by atoms with Crippen molar-refractivity contribution < 1.29 is 0 Å². The Morgan fingerprint density at radius 2 is 2.23 bits per heavy atom. The van der Waals surface area contributed by atoms with E-state index < -0.39 is 0 Å². The first-order valence-corrected chi connectivity index (χ1v) is 6.69. The lowest BCUT2D eigenvalue weighted by Crippen LogP contribution is -2.18. The summed E-state index contributed by atoms with van der Waals surface area (Å²) in [5.74, 6) is 3.83. The van der Waals surface area contributed by atoms with Gasteiger partial charge in [0.2, 0.25) is 0 Å². The van der Waals surface area contributed by atoms with Crippen LogP contribution >= 0.6 is 23.5 Å². The highest BCUT2D eigenvalue weighted by molar-refractivity contribution is 8.18. The Morgan fingerprint density at radius 1 is 1.54 bits per heavy atom. The van der Waals surface area contributed by atoms with Crippen molar-refractivity contribution in [1.29, 1.82) is 0 Å². The van der Waals surface area contributed by atoms with Crippen molar-refractivity contribution >= 4 is 23.5 Å². The van der Waals surface area contributed by atoms with Crippen molar-refractivity contribution in [3.8, 4) is 12.3 Å². The summed E-state index contributed by atoms with van der Waals surface area (Å²) in [4.78, 5) is 0. The van der Waals surface area contributed by atoms with Gasteiger partial charge in [-0.25, -0.2) is 0 Å². The molecule has 74 valence electrons. The average molecular weight is 214 g/mol. The second-order valence-electron chi connectivity index (χ2n) is 2.73. The largest absolute Gasteiger partial charge is 0.147 e. The van der Waals surface area contributed by atoms with Crippen LogP contribution in [0.2, 0.25) is 0 Å². The molecule has 0 spiro atoms. The van der Waals surface area contributed by atoms with Gasteiger partial charge in [0, 0.05) is 12.2 Å².